The van der Waals surface area contributed by atoms with E-state index >= 15 is 0 Å². The second-order valence-electron chi connectivity index (χ2n) is 4.71. The van der Waals surface area contributed by atoms with Crippen LogP contribution in [0.1, 0.15) is 24.2 Å². The maximum Gasteiger partial charge on any atom is 0.335 e. The number of carboxylic acid groups (broad SMARTS) is 1. The zero-order chi connectivity index (χ0) is 15.1. The molecule has 6 nitrogen and oxygen atoms in total. The van der Waals surface area contributed by atoms with Gasteiger partial charge in [0.1, 0.15) is 12.4 Å². The Kier molecular flexibility index (Phi) is 5.99. The molecular weight excluding hydrogens is 260 g/mol. The molecule has 1 aromatic carbocycles. The van der Waals surface area contributed by atoms with E-state index < -0.39 is 5.97 Å². The van der Waals surface area contributed by atoms with Crippen LogP contribution in [0.25, 0.3) is 0 Å². The van der Waals surface area contributed by atoms with Crippen molar-refractivity contribution in [3.05, 3.63) is 29.8 Å². The van der Waals surface area contributed by atoms with Gasteiger partial charge in [-0.25, -0.2) is 4.79 Å². The van der Waals surface area contributed by atoms with Crippen molar-refractivity contribution < 1.29 is 19.4 Å². The molecular formula is C14H20N2O4. The summed E-state index contributed by atoms with van der Waals surface area (Å²) >= 11 is 0. The van der Waals surface area contributed by atoms with Gasteiger partial charge in [0.25, 0.3) is 0 Å². The molecule has 110 valence electrons. The van der Waals surface area contributed by atoms with Crippen molar-refractivity contribution in [2.75, 3.05) is 19.7 Å². The van der Waals surface area contributed by atoms with Crippen molar-refractivity contribution in [1.82, 2.24) is 4.90 Å². The number of primary amides is 1. The summed E-state index contributed by atoms with van der Waals surface area (Å²) in [6, 6.07) is 6.39. The Labute approximate surface area is 118 Å². The number of ether oxygens (including phenoxy) is 1. The molecule has 0 saturated heterocycles. The van der Waals surface area contributed by atoms with E-state index in [0.29, 0.717) is 18.9 Å². The van der Waals surface area contributed by atoms with Crippen molar-refractivity contribution in [2.45, 2.75) is 19.9 Å². The van der Waals surface area contributed by atoms with Crippen LogP contribution in [0.4, 0.5) is 0 Å². The number of carbonyl (C=O) groups excluding carboxylic acids is 1. The number of carbonyl (C=O) groups is 2. The highest BCUT2D eigenvalue weighted by Crippen LogP contribution is 2.12. The highest BCUT2D eigenvalue weighted by Gasteiger charge is 2.12. The maximum absolute atomic E-state index is 10.9. The molecule has 0 bridgehead atoms. The number of hydrogen-bond donors (Lipinski definition) is 2. The Balaban J connectivity index is 2.46. The Hall–Kier alpha value is -2.08. The molecule has 20 heavy (non-hydrogen) atoms. The van der Waals surface area contributed by atoms with Gasteiger partial charge in [-0.3, -0.25) is 9.69 Å². The zero-order valence-electron chi connectivity index (χ0n) is 11.7. The topological polar surface area (TPSA) is 92.9 Å². The fourth-order valence-electron chi connectivity index (χ4n) is 1.69. The lowest BCUT2D eigenvalue weighted by atomic mass is 10.2. The first-order chi connectivity index (χ1) is 9.40. The van der Waals surface area contributed by atoms with Gasteiger partial charge in [0, 0.05) is 12.6 Å². The molecule has 1 rings (SSSR count). The molecule has 0 radical (unpaired) electrons. The average Bonchev–Trinajstić information content (AvgIpc) is 2.37. The van der Waals surface area contributed by atoms with Crippen LogP contribution in [0, 0.1) is 0 Å². The summed E-state index contributed by atoms with van der Waals surface area (Å²) in [7, 11) is 0. The number of nitrogens with zero attached hydrogens (tertiary/aromatic N) is 1. The fraction of sp³-hybridized carbons (Fsp3) is 0.429. The fourth-order valence-corrected chi connectivity index (χ4v) is 1.69. The van der Waals surface area contributed by atoms with Crippen LogP contribution in [0.3, 0.4) is 0 Å². The number of hydrogen-bond acceptors (Lipinski definition) is 4. The smallest absolute Gasteiger partial charge is 0.335 e. The lowest BCUT2D eigenvalue weighted by Gasteiger charge is -2.24. The largest absolute Gasteiger partial charge is 0.492 e. The second-order valence-corrected chi connectivity index (χ2v) is 4.71. The third-order valence-electron chi connectivity index (χ3n) is 2.84. The number of benzene rings is 1. The van der Waals surface area contributed by atoms with Crippen LogP contribution in [0.2, 0.25) is 0 Å². The Morgan fingerprint density at radius 1 is 1.30 bits per heavy atom. The molecule has 6 heteroatoms. The first-order valence-corrected chi connectivity index (χ1v) is 6.38. The van der Waals surface area contributed by atoms with Crippen LogP contribution in [0.15, 0.2) is 24.3 Å². The van der Waals surface area contributed by atoms with Gasteiger partial charge < -0.3 is 15.6 Å². The Morgan fingerprint density at radius 2 is 1.90 bits per heavy atom. The van der Waals surface area contributed by atoms with Gasteiger partial charge in [-0.05, 0) is 38.1 Å². The summed E-state index contributed by atoms with van der Waals surface area (Å²) in [5.41, 5.74) is 5.40. The minimum Gasteiger partial charge on any atom is -0.492 e. The molecule has 0 aromatic heterocycles. The van der Waals surface area contributed by atoms with E-state index in [1.807, 2.05) is 18.7 Å². The highest BCUT2D eigenvalue weighted by atomic mass is 16.5. The summed E-state index contributed by atoms with van der Waals surface area (Å²) in [4.78, 5) is 23.5. The molecule has 1 amide bonds. The third kappa shape index (κ3) is 5.27. The zero-order valence-corrected chi connectivity index (χ0v) is 11.7. The lowest BCUT2D eigenvalue weighted by molar-refractivity contribution is -0.119. The van der Waals surface area contributed by atoms with E-state index in [2.05, 4.69) is 0 Å². The first-order valence-electron chi connectivity index (χ1n) is 6.38. The van der Waals surface area contributed by atoms with Gasteiger partial charge in [-0.2, -0.15) is 0 Å². The molecule has 0 atom stereocenters. The van der Waals surface area contributed by atoms with Gasteiger partial charge in [-0.15, -0.1) is 0 Å². The number of amides is 1. The number of carboxylic acids is 1. The van der Waals surface area contributed by atoms with Crippen molar-refractivity contribution in [3.8, 4) is 5.75 Å². The van der Waals surface area contributed by atoms with Gasteiger partial charge in [0.2, 0.25) is 5.91 Å². The van der Waals surface area contributed by atoms with E-state index in [1.54, 1.807) is 12.1 Å². The summed E-state index contributed by atoms with van der Waals surface area (Å²) in [5.74, 6) is -0.744. The molecule has 0 saturated carbocycles. The summed E-state index contributed by atoms with van der Waals surface area (Å²) in [6.45, 7) is 5.12. The average molecular weight is 280 g/mol. The first kappa shape index (κ1) is 16.0. The monoisotopic (exact) mass is 280 g/mol. The second kappa shape index (κ2) is 7.49. The van der Waals surface area contributed by atoms with Crippen LogP contribution in [-0.2, 0) is 4.79 Å². The predicted octanol–water partition coefficient (Wildman–Crippen LogP) is 0.959. The van der Waals surface area contributed by atoms with Gasteiger partial charge >= 0.3 is 5.97 Å². The van der Waals surface area contributed by atoms with Crippen molar-refractivity contribution in [2.24, 2.45) is 5.73 Å². The van der Waals surface area contributed by atoms with Gasteiger partial charge in [0.05, 0.1) is 12.1 Å². The normalized spacial score (nSPS) is 10.8. The van der Waals surface area contributed by atoms with E-state index in [-0.39, 0.29) is 24.1 Å². The lowest BCUT2D eigenvalue weighted by Crippen LogP contribution is -2.40. The van der Waals surface area contributed by atoms with E-state index in [0.717, 1.165) is 0 Å². The van der Waals surface area contributed by atoms with Crippen LogP contribution >= 0.6 is 0 Å². The maximum atomic E-state index is 10.9. The minimum absolute atomic E-state index is 0.193. The molecule has 0 aliphatic rings. The Morgan fingerprint density at radius 3 is 2.35 bits per heavy atom. The van der Waals surface area contributed by atoms with E-state index in [4.69, 9.17) is 15.6 Å². The number of nitrogens with two attached hydrogens (primary N) is 1. The van der Waals surface area contributed by atoms with Crippen LogP contribution in [0.5, 0.6) is 5.75 Å². The molecule has 0 spiro atoms. The number of rotatable bonds is 8. The molecule has 0 fully saturated rings. The molecule has 0 aliphatic heterocycles. The van der Waals surface area contributed by atoms with Crippen LogP contribution in [-0.4, -0.2) is 47.6 Å². The quantitative estimate of drug-likeness (QED) is 0.740. The predicted molar refractivity (Wildman–Crippen MR) is 74.8 cm³/mol. The SMILES string of the molecule is CC(C)N(CCOc1ccc(C(=O)O)cc1)CC(N)=O. The number of aromatic carboxylic acids is 1. The molecule has 0 heterocycles. The van der Waals surface area contributed by atoms with E-state index in [1.165, 1.54) is 12.1 Å². The van der Waals surface area contributed by atoms with E-state index in [9.17, 15) is 9.59 Å². The third-order valence-corrected chi connectivity index (χ3v) is 2.84. The van der Waals surface area contributed by atoms with Crippen LogP contribution < -0.4 is 10.5 Å². The Bertz CT molecular complexity index is 457. The van der Waals surface area contributed by atoms with Crippen molar-refractivity contribution in [3.63, 3.8) is 0 Å². The van der Waals surface area contributed by atoms with Gasteiger partial charge in [0.15, 0.2) is 0 Å². The van der Waals surface area contributed by atoms with Crippen molar-refractivity contribution >= 4 is 11.9 Å². The van der Waals surface area contributed by atoms with Crippen molar-refractivity contribution in [1.29, 1.82) is 0 Å². The molecule has 3 N–H and O–H groups in total. The minimum atomic E-state index is -0.969. The molecule has 0 aliphatic carbocycles. The highest BCUT2D eigenvalue weighted by molar-refractivity contribution is 5.87. The van der Waals surface area contributed by atoms with Gasteiger partial charge in [-0.1, -0.05) is 0 Å². The molecule has 0 unspecified atom stereocenters. The summed E-state index contributed by atoms with van der Waals surface area (Å²) in [6.07, 6.45) is 0. The summed E-state index contributed by atoms with van der Waals surface area (Å²) < 4.78 is 5.52. The summed E-state index contributed by atoms with van der Waals surface area (Å²) in [5, 5.41) is 8.78. The standard InChI is InChI=1S/C14H20N2O4/c1-10(2)16(9-13(15)17)7-8-20-12-5-3-11(4-6-12)14(18)19/h3-6,10H,7-9H2,1-2H3,(H2,15,17)(H,18,19). The molecule has 1 aromatic rings.